The standard InChI is InChI=1S/C48H81N3O35/c1-11-24(59)32(67)35(70)45(76-11)75-10-20-39(30(65)21(42(73)77-20)49-12(2)56)83-44-23(51-14(4)58)31(66)38(18(8-55)81-44)84-47-37(72)40(28(63)19(82-47)9-74-46-36(71)33(68)26(61)16(6-53)79-46)85-48-41(34(69)27(62)17(7-54)80-48)86-43-22(50-13(3)57)29(64)25(60)15(5-52)78-43/h11,15-48,52-55,59-73H,5-10H2,1-4H3,(H,49,56)(H,50,57)(H,51,58)/t11-,15+,16+,17+,18+,19+,20+,21+,22+,23+,24+,25+,26+,27+,28+,29+,30+,31+,32+,33-,34-,35-,36-,37-,38+,39+,40-,41-,42-,43-,44-,45-,46-,47-,48+/m0/s1. The zero-order valence-electron chi connectivity index (χ0n) is 46.5. The third-order valence-corrected chi connectivity index (χ3v) is 15.7. The average Bonchev–Trinajstić information content (AvgIpc) is 1.18. The van der Waals surface area contributed by atoms with Gasteiger partial charge in [0.15, 0.2) is 44.0 Å². The van der Waals surface area contributed by atoms with Gasteiger partial charge in [-0.25, -0.2) is 0 Å². The van der Waals surface area contributed by atoms with Crippen LogP contribution >= 0.6 is 0 Å². The highest BCUT2D eigenvalue weighted by Gasteiger charge is 2.58. The molecule has 0 aromatic heterocycles. The molecular weight excluding hydrogens is 1180 g/mol. The summed E-state index contributed by atoms with van der Waals surface area (Å²) in [6, 6.07) is -5.23. The molecule has 86 heavy (non-hydrogen) atoms. The van der Waals surface area contributed by atoms with Gasteiger partial charge in [0.2, 0.25) is 17.7 Å². The molecule has 22 N–H and O–H groups in total. The maximum atomic E-state index is 12.9. The molecule has 0 saturated carbocycles. The number of carbonyl (C=O) groups is 3. The van der Waals surface area contributed by atoms with E-state index in [0.29, 0.717) is 0 Å². The largest absolute Gasteiger partial charge is 0.394 e. The molecule has 7 heterocycles. The Hall–Kier alpha value is -2.87. The lowest BCUT2D eigenvalue weighted by atomic mass is 9.93. The van der Waals surface area contributed by atoms with Crippen LogP contribution in [0.15, 0.2) is 0 Å². The summed E-state index contributed by atoms with van der Waals surface area (Å²) in [5.74, 6) is -2.49. The van der Waals surface area contributed by atoms with Crippen LogP contribution in [0.5, 0.6) is 0 Å². The number of ether oxygens (including phenoxy) is 13. The van der Waals surface area contributed by atoms with Crippen LogP contribution in [-0.4, -0.2) is 369 Å². The van der Waals surface area contributed by atoms with Crippen molar-refractivity contribution in [3.63, 3.8) is 0 Å². The van der Waals surface area contributed by atoms with Crippen molar-refractivity contribution in [2.24, 2.45) is 0 Å². The number of aliphatic hydroxyl groups is 19. The summed E-state index contributed by atoms with van der Waals surface area (Å²) in [5, 5.41) is 214. The van der Waals surface area contributed by atoms with Crippen LogP contribution in [0.25, 0.3) is 0 Å². The van der Waals surface area contributed by atoms with Crippen molar-refractivity contribution in [2.75, 3.05) is 39.6 Å². The highest BCUT2D eigenvalue weighted by atomic mass is 16.8. The maximum Gasteiger partial charge on any atom is 0.217 e. The number of amides is 3. The van der Waals surface area contributed by atoms with Gasteiger partial charge in [0, 0.05) is 20.8 Å². The Bertz CT molecular complexity index is 2170. The third kappa shape index (κ3) is 15.5. The van der Waals surface area contributed by atoms with Crippen molar-refractivity contribution in [2.45, 2.75) is 242 Å². The van der Waals surface area contributed by atoms with E-state index >= 15 is 0 Å². The van der Waals surface area contributed by atoms with Gasteiger partial charge in [-0.1, -0.05) is 0 Å². The van der Waals surface area contributed by atoms with Crippen LogP contribution in [0.2, 0.25) is 0 Å². The van der Waals surface area contributed by atoms with Crippen LogP contribution in [0.1, 0.15) is 27.7 Å². The molecule has 38 heteroatoms. The SMILES string of the molecule is CC(=O)N[C@@H]1[C@@H](O)[C@H](O[C@@H]2O[C@H](CO)[C@@H](O[C@@H]3O[C@H](CO[C@H]4O[C@H](CO)[C@@H](O)[C@H](O)[C@@H]4O)[C@@H](O)[C@H](O[C@H]4O[C@H](CO)[C@@H](O)[C@H](O)[C@@H]4O[C@@H]4O[C@H](CO)[C@@H](O)[C@H](O)[C@H]4NC(C)=O)[C@@H]3O)[C@H](O)[C@H]2NC(C)=O)[C@@H](CO[C@H]2O[C@@H](C)[C@@H](O)[C@@H](O)[C@@H]2O)O[C@@H]1O. The molecule has 35 atom stereocenters. The lowest BCUT2D eigenvalue weighted by Gasteiger charge is -2.51. The molecule has 0 radical (unpaired) electrons. The normalized spacial score (nSPS) is 49.4. The minimum Gasteiger partial charge on any atom is -0.394 e. The number of carbonyl (C=O) groups excluding carboxylic acids is 3. The second-order valence-electron chi connectivity index (χ2n) is 21.8. The predicted molar refractivity (Wildman–Crippen MR) is 265 cm³/mol. The van der Waals surface area contributed by atoms with Crippen molar-refractivity contribution in [1.29, 1.82) is 0 Å². The fourth-order valence-electron chi connectivity index (χ4n) is 10.9. The van der Waals surface area contributed by atoms with E-state index in [0.717, 1.165) is 20.8 Å². The van der Waals surface area contributed by atoms with Crippen LogP contribution in [-0.2, 0) is 76.0 Å². The Morgan fingerprint density at radius 3 is 1.26 bits per heavy atom. The number of hydrogen-bond acceptors (Lipinski definition) is 35. The van der Waals surface area contributed by atoms with Gasteiger partial charge >= 0.3 is 0 Å². The monoisotopic (exact) mass is 1260 g/mol. The Kier molecular flexibility index (Phi) is 25.0. The van der Waals surface area contributed by atoms with Crippen LogP contribution in [0, 0.1) is 0 Å². The van der Waals surface area contributed by atoms with E-state index in [1.807, 2.05) is 0 Å². The van der Waals surface area contributed by atoms with Crippen LogP contribution < -0.4 is 16.0 Å². The van der Waals surface area contributed by atoms with Gasteiger partial charge in [0.05, 0.1) is 45.7 Å². The molecule has 0 aromatic carbocycles. The van der Waals surface area contributed by atoms with Crippen molar-refractivity contribution >= 4 is 17.7 Å². The molecular formula is C48H81N3O35. The molecule has 38 nitrogen and oxygen atoms in total. The molecule has 0 spiro atoms. The topological polar surface area (TPSA) is 592 Å². The van der Waals surface area contributed by atoms with Gasteiger partial charge in [0.1, 0.15) is 165 Å². The van der Waals surface area contributed by atoms with E-state index < -0.39 is 272 Å². The first-order valence-electron chi connectivity index (χ1n) is 27.5. The van der Waals surface area contributed by atoms with Crippen LogP contribution in [0.3, 0.4) is 0 Å². The number of hydrogen-bond donors (Lipinski definition) is 22. The molecule has 3 amide bonds. The Morgan fingerprint density at radius 2 is 0.709 bits per heavy atom. The minimum atomic E-state index is -2.39. The summed E-state index contributed by atoms with van der Waals surface area (Å²) in [6.45, 7) is -1.41. The number of aliphatic hydroxyl groups excluding tert-OH is 19. The lowest BCUT2D eigenvalue weighted by molar-refractivity contribution is -0.394. The van der Waals surface area contributed by atoms with E-state index in [2.05, 4.69) is 16.0 Å². The fourth-order valence-corrected chi connectivity index (χ4v) is 10.9. The number of nitrogens with one attached hydrogen (secondary N) is 3. The molecule has 7 saturated heterocycles. The van der Waals surface area contributed by atoms with E-state index in [-0.39, 0.29) is 0 Å². The minimum absolute atomic E-state index is 0.770. The van der Waals surface area contributed by atoms with Crippen LogP contribution in [0.4, 0.5) is 0 Å². The first kappa shape index (κ1) is 70.6. The summed E-state index contributed by atoms with van der Waals surface area (Å²) in [4.78, 5) is 37.4. The lowest BCUT2D eigenvalue weighted by Crippen LogP contribution is -2.70. The van der Waals surface area contributed by atoms with E-state index in [1.54, 1.807) is 0 Å². The molecule has 0 aliphatic carbocycles. The van der Waals surface area contributed by atoms with Crippen molar-refractivity contribution in [3.05, 3.63) is 0 Å². The van der Waals surface area contributed by atoms with Crippen molar-refractivity contribution in [1.82, 2.24) is 16.0 Å². The second kappa shape index (κ2) is 30.5. The Morgan fingerprint density at radius 1 is 0.326 bits per heavy atom. The van der Waals surface area contributed by atoms with Gasteiger partial charge in [-0.15, -0.1) is 0 Å². The van der Waals surface area contributed by atoms with E-state index in [1.165, 1.54) is 6.92 Å². The summed E-state index contributed by atoms with van der Waals surface area (Å²) in [5.41, 5.74) is 0. The molecule has 0 bridgehead atoms. The molecule has 0 unspecified atom stereocenters. The highest BCUT2D eigenvalue weighted by molar-refractivity contribution is 5.74. The quantitative estimate of drug-likeness (QED) is 0.0507. The van der Waals surface area contributed by atoms with Gasteiger partial charge in [-0.3, -0.25) is 14.4 Å². The van der Waals surface area contributed by atoms with E-state index in [4.69, 9.17) is 61.6 Å². The fraction of sp³-hybridized carbons (Fsp3) is 0.938. The molecule has 7 aliphatic heterocycles. The van der Waals surface area contributed by atoms with Gasteiger partial charge < -0.3 is 175 Å². The van der Waals surface area contributed by atoms with Gasteiger partial charge in [-0.05, 0) is 6.92 Å². The number of rotatable bonds is 21. The molecule has 7 rings (SSSR count). The highest BCUT2D eigenvalue weighted by Crippen LogP contribution is 2.37. The Labute approximate surface area is 488 Å². The molecule has 0 aromatic rings. The average molecular weight is 1260 g/mol. The molecule has 7 fully saturated rings. The molecule has 7 aliphatic rings. The summed E-state index contributed by atoms with van der Waals surface area (Å²) in [6.07, 6.45) is -61.5. The first-order valence-corrected chi connectivity index (χ1v) is 27.5. The predicted octanol–water partition coefficient (Wildman–Crippen LogP) is -14.8. The Balaban J connectivity index is 1.19. The summed E-state index contributed by atoms with van der Waals surface area (Å²) in [7, 11) is 0. The summed E-state index contributed by atoms with van der Waals surface area (Å²) >= 11 is 0. The maximum absolute atomic E-state index is 12.9. The van der Waals surface area contributed by atoms with E-state index in [9.17, 15) is 111 Å². The van der Waals surface area contributed by atoms with Crippen molar-refractivity contribution < 1.29 is 173 Å². The second-order valence-corrected chi connectivity index (χ2v) is 21.8. The molecule has 498 valence electrons. The third-order valence-electron chi connectivity index (χ3n) is 15.7. The zero-order chi connectivity index (χ0) is 63.5. The van der Waals surface area contributed by atoms with Gasteiger partial charge in [0.25, 0.3) is 0 Å². The zero-order valence-corrected chi connectivity index (χ0v) is 46.5. The first-order chi connectivity index (χ1) is 40.6. The van der Waals surface area contributed by atoms with Gasteiger partial charge in [-0.2, -0.15) is 0 Å². The van der Waals surface area contributed by atoms with Crippen molar-refractivity contribution in [3.8, 4) is 0 Å². The smallest absolute Gasteiger partial charge is 0.217 e. The summed E-state index contributed by atoms with van der Waals surface area (Å²) < 4.78 is 75.7.